The number of nitrogens with one attached hydrogen (secondary N) is 1. The van der Waals surface area contributed by atoms with Crippen molar-refractivity contribution in [2.24, 2.45) is 0 Å². The van der Waals surface area contributed by atoms with Gasteiger partial charge in [0.05, 0.1) is 18.6 Å². The fourth-order valence-corrected chi connectivity index (χ4v) is 3.99. The Morgan fingerprint density at radius 2 is 2.35 bits per heavy atom. The molecule has 0 spiro atoms. The number of carbonyl (C=O) groups is 1. The Morgan fingerprint density at radius 1 is 1.48 bits per heavy atom. The van der Waals surface area contributed by atoms with E-state index >= 15 is 0 Å². The van der Waals surface area contributed by atoms with Gasteiger partial charge in [-0.25, -0.2) is 0 Å². The largest absolute Gasteiger partial charge is 0.334 e. The maximum atomic E-state index is 12.6. The fraction of sp³-hybridized carbons (Fsp3) is 0.529. The lowest BCUT2D eigenvalue weighted by Gasteiger charge is -2.26. The van der Waals surface area contributed by atoms with E-state index in [2.05, 4.69) is 41.8 Å². The maximum absolute atomic E-state index is 12.6. The highest BCUT2D eigenvalue weighted by molar-refractivity contribution is 7.10. The highest BCUT2D eigenvalue weighted by Gasteiger charge is 2.30. The zero-order chi connectivity index (χ0) is 16.2. The van der Waals surface area contributed by atoms with E-state index in [1.54, 1.807) is 17.5 Å². The average molecular weight is 332 g/mol. The van der Waals surface area contributed by atoms with Gasteiger partial charge in [0.2, 0.25) is 5.91 Å². The lowest BCUT2D eigenvalue weighted by atomic mass is 10.1. The molecule has 3 heterocycles. The van der Waals surface area contributed by atoms with Gasteiger partial charge in [-0.1, -0.05) is 6.07 Å². The standard InChI is InChI=1S/C17H24N4OS/c1-13(14(2)21-10-5-8-19-21)18-12-17(22)20-9-3-6-15(20)16-7-4-11-23-16/h4-5,7-8,10-11,13-15,18H,3,6,9,12H2,1-2H3. The second kappa shape index (κ2) is 7.27. The van der Waals surface area contributed by atoms with Crippen LogP contribution in [0.25, 0.3) is 0 Å². The smallest absolute Gasteiger partial charge is 0.237 e. The highest BCUT2D eigenvalue weighted by atomic mass is 32.1. The third-order valence-corrected chi connectivity index (χ3v) is 5.66. The van der Waals surface area contributed by atoms with E-state index in [4.69, 9.17) is 0 Å². The van der Waals surface area contributed by atoms with Gasteiger partial charge in [-0.2, -0.15) is 5.10 Å². The molecule has 1 saturated heterocycles. The summed E-state index contributed by atoms with van der Waals surface area (Å²) in [6.45, 7) is 5.46. The molecule has 1 aliphatic heterocycles. The molecule has 23 heavy (non-hydrogen) atoms. The van der Waals surface area contributed by atoms with E-state index in [0.29, 0.717) is 6.54 Å². The van der Waals surface area contributed by atoms with Crippen LogP contribution in [-0.4, -0.2) is 39.7 Å². The van der Waals surface area contributed by atoms with Gasteiger partial charge < -0.3 is 10.2 Å². The predicted octanol–water partition coefficient (Wildman–Crippen LogP) is 2.85. The fourth-order valence-electron chi connectivity index (χ4n) is 3.11. The molecule has 3 rings (SSSR count). The van der Waals surface area contributed by atoms with Crippen LogP contribution in [0.3, 0.4) is 0 Å². The Kier molecular flexibility index (Phi) is 5.13. The summed E-state index contributed by atoms with van der Waals surface area (Å²) in [6, 6.07) is 6.78. The molecule has 0 bridgehead atoms. The number of carbonyl (C=O) groups excluding carboxylic acids is 1. The van der Waals surface area contributed by atoms with Crippen LogP contribution >= 0.6 is 11.3 Å². The van der Waals surface area contributed by atoms with E-state index in [1.165, 1.54) is 4.88 Å². The normalized spacial score (nSPS) is 20.6. The molecule has 6 heteroatoms. The van der Waals surface area contributed by atoms with Gasteiger partial charge in [0.25, 0.3) is 0 Å². The second-order valence-electron chi connectivity index (χ2n) is 6.16. The lowest BCUT2D eigenvalue weighted by molar-refractivity contribution is -0.131. The Balaban J connectivity index is 1.54. The summed E-state index contributed by atoms with van der Waals surface area (Å²) in [5.41, 5.74) is 0. The van der Waals surface area contributed by atoms with Crippen molar-refractivity contribution in [3.05, 3.63) is 40.8 Å². The topological polar surface area (TPSA) is 50.2 Å². The molecule has 2 aromatic heterocycles. The van der Waals surface area contributed by atoms with Crippen molar-refractivity contribution in [3.8, 4) is 0 Å². The summed E-state index contributed by atoms with van der Waals surface area (Å²) in [4.78, 5) is 15.9. The Bertz CT molecular complexity index is 611. The summed E-state index contributed by atoms with van der Waals surface area (Å²) < 4.78 is 1.92. The first-order valence-electron chi connectivity index (χ1n) is 8.22. The molecule has 0 aromatic carbocycles. The van der Waals surface area contributed by atoms with E-state index in [0.717, 1.165) is 19.4 Å². The third kappa shape index (κ3) is 3.64. The SMILES string of the molecule is CC(NCC(=O)N1CCCC1c1cccs1)C(C)n1cccn1. The molecule has 1 fully saturated rings. The van der Waals surface area contributed by atoms with Crippen molar-refractivity contribution in [3.63, 3.8) is 0 Å². The maximum Gasteiger partial charge on any atom is 0.237 e. The van der Waals surface area contributed by atoms with Crippen molar-refractivity contribution in [2.45, 2.75) is 44.8 Å². The number of rotatable bonds is 6. The van der Waals surface area contributed by atoms with Crippen molar-refractivity contribution in [1.82, 2.24) is 20.0 Å². The molecular formula is C17H24N4OS. The molecule has 0 aliphatic carbocycles. The lowest BCUT2D eigenvalue weighted by Crippen LogP contribution is -2.42. The quantitative estimate of drug-likeness (QED) is 0.885. The number of hydrogen-bond donors (Lipinski definition) is 1. The van der Waals surface area contributed by atoms with Crippen LogP contribution < -0.4 is 5.32 Å². The second-order valence-corrected chi connectivity index (χ2v) is 7.14. The summed E-state index contributed by atoms with van der Waals surface area (Å²) >= 11 is 1.74. The summed E-state index contributed by atoms with van der Waals surface area (Å²) in [5.74, 6) is 0.195. The Morgan fingerprint density at radius 3 is 3.04 bits per heavy atom. The van der Waals surface area contributed by atoms with Crippen LogP contribution in [0.2, 0.25) is 0 Å². The van der Waals surface area contributed by atoms with Crippen LogP contribution in [0.15, 0.2) is 36.0 Å². The molecule has 2 aromatic rings. The van der Waals surface area contributed by atoms with Crippen molar-refractivity contribution < 1.29 is 4.79 Å². The molecule has 1 aliphatic rings. The van der Waals surface area contributed by atoms with Gasteiger partial charge in [0, 0.05) is 29.9 Å². The molecule has 0 saturated carbocycles. The first kappa shape index (κ1) is 16.2. The van der Waals surface area contributed by atoms with Gasteiger partial charge in [-0.3, -0.25) is 9.48 Å². The zero-order valence-electron chi connectivity index (χ0n) is 13.7. The van der Waals surface area contributed by atoms with Gasteiger partial charge >= 0.3 is 0 Å². The minimum atomic E-state index is 0.182. The van der Waals surface area contributed by atoms with E-state index < -0.39 is 0 Å². The Hall–Kier alpha value is -1.66. The van der Waals surface area contributed by atoms with E-state index in [-0.39, 0.29) is 24.0 Å². The molecular weight excluding hydrogens is 308 g/mol. The van der Waals surface area contributed by atoms with Crippen LogP contribution in [-0.2, 0) is 4.79 Å². The predicted molar refractivity (Wildman–Crippen MR) is 92.4 cm³/mol. The summed E-state index contributed by atoms with van der Waals surface area (Å²) in [5, 5.41) is 9.72. The first-order chi connectivity index (χ1) is 11.2. The van der Waals surface area contributed by atoms with Crippen LogP contribution in [0.4, 0.5) is 0 Å². The van der Waals surface area contributed by atoms with Crippen molar-refractivity contribution >= 4 is 17.2 Å². The van der Waals surface area contributed by atoms with Gasteiger partial charge in [-0.05, 0) is 44.2 Å². The molecule has 3 unspecified atom stereocenters. The number of amides is 1. The molecule has 0 radical (unpaired) electrons. The van der Waals surface area contributed by atoms with E-state index in [1.807, 2.05) is 21.8 Å². The van der Waals surface area contributed by atoms with Crippen LogP contribution in [0, 0.1) is 0 Å². The zero-order valence-corrected chi connectivity index (χ0v) is 14.5. The Labute approximate surface area is 141 Å². The van der Waals surface area contributed by atoms with Gasteiger partial charge in [-0.15, -0.1) is 11.3 Å². The molecule has 5 nitrogen and oxygen atoms in total. The third-order valence-electron chi connectivity index (χ3n) is 4.69. The summed E-state index contributed by atoms with van der Waals surface area (Å²) in [7, 11) is 0. The molecule has 124 valence electrons. The number of likely N-dealkylation sites (tertiary alicyclic amines) is 1. The summed E-state index contributed by atoms with van der Waals surface area (Å²) in [6.07, 6.45) is 5.90. The van der Waals surface area contributed by atoms with Crippen molar-refractivity contribution in [1.29, 1.82) is 0 Å². The number of thiophene rings is 1. The minimum absolute atomic E-state index is 0.182. The highest BCUT2D eigenvalue weighted by Crippen LogP contribution is 2.34. The van der Waals surface area contributed by atoms with Gasteiger partial charge in [0.1, 0.15) is 0 Å². The van der Waals surface area contributed by atoms with Crippen LogP contribution in [0.5, 0.6) is 0 Å². The van der Waals surface area contributed by atoms with E-state index in [9.17, 15) is 4.79 Å². The molecule has 1 amide bonds. The first-order valence-corrected chi connectivity index (χ1v) is 9.10. The molecule has 3 atom stereocenters. The minimum Gasteiger partial charge on any atom is -0.334 e. The van der Waals surface area contributed by atoms with Gasteiger partial charge in [0.15, 0.2) is 0 Å². The number of hydrogen-bond acceptors (Lipinski definition) is 4. The van der Waals surface area contributed by atoms with Crippen LogP contribution in [0.1, 0.15) is 43.6 Å². The van der Waals surface area contributed by atoms with Crippen molar-refractivity contribution in [2.75, 3.05) is 13.1 Å². The monoisotopic (exact) mass is 332 g/mol. The number of nitrogens with zero attached hydrogens (tertiary/aromatic N) is 3. The number of aromatic nitrogens is 2. The average Bonchev–Trinajstić information content (AvgIpc) is 3.32. The molecule has 1 N–H and O–H groups in total.